The summed E-state index contributed by atoms with van der Waals surface area (Å²) in [5.41, 5.74) is 0.790. The Morgan fingerprint density at radius 3 is 2.65 bits per heavy atom. The molecule has 6 rings (SSSR count). The number of hydrogen-bond acceptors (Lipinski definition) is 5. The lowest BCUT2D eigenvalue weighted by Gasteiger charge is -2.48. The number of para-hydroxylation sites is 3. The molecule has 0 unspecified atom stereocenters. The van der Waals surface area contributed by atoms with Crippen LogP contribution < -0.4 is 10.6 Å². The highest BCUT2D eigenvalue weighted by molar-refractivity contribution is 6.15. The monoisotopic (exact) mass is 460 g/mol. The number of nitrogens with zero attached hydrogens (tertiary/aromatic N) is 3. The van der Waals surface area contributed by atoms with Gasteiger partial charge in [-0.2, -0.15) is 0 Å². The molecule has 174 valence electrons. The van der Waals surface area contributed by atoms with Crippen molar-refractivity contribution in [2.45, 2.75) is 50.4 Å². The summed E-state index contributed by atoms with van der Waals surface area (Å²) in [4.78, 5) is 58.2. The average Bonchev–Trinajstić information content (AvgIpc) is 3.54. The molecule has 0 bridgehead atoms. The number of esters is 1. The predicted molar refractivity (Wildman–Crippen MR) is 123 cm³/mol. The number of carbonyl (C=O) groups is 3. The third-order valence-corrected chi connectivity index (χ3v) is 6.98. The minimum absolute atomic E-state index is 0.0723. The number of aromatic nitrogens is 2. The van der Waals surface area contributed by atoms with Crippen molar-refractivity contribution in [2.75, 3.05) is 11.5 Å². The molecular formula is C25H24N4O5. The van der Waals surface area contributed by atoms with Crippen molar-refractivity contribution >= 4 is 34.5 Å². The molecule has 3 aromatic rings. The Morgan fingerprint density at radius 2 is 1.82 bits per heavy atom. The Labute approximate surface area is 194 Å². The molecule has 2 aliphatic heterocycles. The van der Waals surface area contributed by atoms with Gasteiger partial charge in [-0.1, -0.05) is 24.3 Å². The number of ether oxygens (including phenoxy) is 1. The van der Waals surface area contributed by atoms with E-state index in [1.807, 2.05) is 24.3 Å². The molecule has 34 heavy (non-hydrogen) atoms. The summed E-state index contributed by atoms with van der Waals surface area (Å²) in [6.45, 7) is 0.447. The summed E-state index contributed by atoms with van der Waals surface area (Å²) in [5, 5.41) is 0. The van der Waals surface area contributed by atoms with E-state index in [0.717, 1.165) is 23.9 Å². The van der Waals surface area contributed by atoms with Crippen molar-refractivity contribution in [3.63, 3.8) is 0 Å². The first-order chi connectivity index (χ1) is 16.5. The van der Waals surface area contributed by atoms with E-state index in [1.165, 1.54) is 4.90 Å². The van der Waals surface area contributed by atoms with Gasteiger partial charge in [0.2, 0.25) is 11.6 Å². The molecule has 3 heterocycles. The number of aryl methyl sites for hydroxylation is 1. The summed E-state index contributed by atoms with van der Waals surface area (Å²) in [6.07, 6.45) is 2.40. The fourth-order valence-electron chi connectivity index (χ4n) is 5.34. The first kappa shape index (κ1) is 20.7. The molecule has 2 amide bonds. The van der Waals surface area contributed by atoms with Crippen molar-refractivity contribution in [1.29, 1.82) is 0 Å². The van der Waals surface area contributed by atoms with Crippen LogP contribution in [0.1, 0.15) is 42.5 Å². The van der Waals surface area contributed by atoms with Crippen LogP contribution in [-0.4, -0.2) is 50.5 Å². The van der Waals surface area contributed by atoms with Crippen LogP contribution in [0.2, 0.25) is 0 Å². The van der Waals surface area contributed by atoms with E-state index in [4.69, 9.17) is 4.74 Å². The van der Waals surface area contributed by atoms with Crippen LogP contribution in [0.3, 0.4) is 0 Å². The van der Waals surface area contributed by atoms with Gasteiger partial charge in [0.25, 0.3) is 5.91 Å². The molecule has 0 radical (unpaired) electrons. The molecule has 9 heteroatoms. The maximum Gasteiger partial charge on any atom is 0.353 e. The summed E-state index contributed by atoms with van der Waals surface area (Å²) in [5.74, 6) is -1.00. The van der Waals surface area contributed by atoms with Crippen LogP contribution >= 0.6 is 0 Å². The molecule has 3 aliphatic rings. The van der Waals surface area contributed by atoms with E-state index in [-0.39, 0.29) is 43.0 Å². The zero-order valence-corrected chi connectivity index (χ0v) is 18.5. The molecule has 9 nitrogen and oxygen atoms in total. The highest BCUT2D eigenvalue weighted by Gasteiger charge is 2.64. The van der Waals surface area contributed by atoms with Crippen molar-refractivity contribution in [3.05, 3.63) is 64.6 Å². The van der Waals surface area contributed by atoms with Crippen LogP contribution in [0.4, 0.5) is 5.69 Å². The molecule has 0 spiro atoms. The van der Waals surface area contributed by atoms with Gasteiger partial charge in [-0.05, 0) is 43.5 Å². The van der Waals surface area contributed by atoms with Crippen LogP contribution in [0.5, 0.6) is 0 Å². The van der Waals surface area contributed by atoms with Gasteiger partial charge in [0.1, 0.15) is 0 Å². The van der Waals surface area contributed by atoms with E-state index >= 15 is 0 Å². The molecule has 1 saturated carbocycles. The third kappa shape index (κ3) is 2.92. The number of nitrogens with one attached hydrogen (secondary N) is 1. The molecule has 1 N–H and O–H groups in total. The number of benzene rings is 2. The van der Waals surface area contributed by atoms with Gasteiger partial charge in [0, 0.05) is 25.4 Å². The standard InChI is InChI=1S/C25H24N4O5/c30-21-12-13-25(28(16-10-11-16)22(31)17-6-1-3-8-19(17)29(21)25)23(32)34-15-5-14-27-20-9-4-2-7-18(20)26-24(27)33/h1-4,6-9,16H,5,10-15H2,(H,26,33)/t25-/m1/s1. The van der Waals surface area contributed by atoms with Crippen molar-refractivity contribution in [1.82, 2.24) is 14.5 Å². The van der Waals surface area contributed by atoms with E-state index in [9.17, 15) is 19.2 Å². The van der Waals surface area contributed by atoms with Gasteiger partial charge >= 0.3 is 11.7 Å². The van der Waals surface area contributed by atoms with E-state index in [1.54, 1.807) is 33.7 Å². The van der Waals surface area contributed by atoms with E-state index < -0.39 is 11.6 Å². The lowest BCUT2D eigenvalue weighted by atomic mass is 9.96. The number of hydrogen-bond donors (Lipinski definition) is 1. The Bertz CT molecular complexity index is 1390. The fourth-order valence-corrected chi connectivity index (χ4v) is 5.34. The largest absolute Gasteiger partial charge is 0.462 e. The van der Waals surface area contributed by atoms with Crippen LogP contribution in [0, 0.1) is 0 Å². The highest BCUT2D eigenvalue weighted by Crippen LogP contribution is 2.49. The lowest BCUT2D eigenvalue weighted by Crippen LogP contribution is -2.69. The van der Waals surface area contributed by atoms with Gasteiger partial charge < -0.3 is 14.6 Å². The van der Waals surface area contributed by atoms with Gasteiger partial charge in [-0.25, -0.2) is 9.59 Å². The Hall–Kier alpha value is -3.88. The van der Waals surface area contributed by atoms with Gasteiger partial charge in [-0.15, -0.1) is 0 Å². The number of amides is 2. The summed E-state index contributed by atoms with van der Waals surface area (Å²) < 4.78 is 7.32. The topological polar surface area (TPSA) is 105 Å². The van der Waals surface area contributed by atoms with Gasteiger partial charge in [-0.3, -0.25) is 19.1 Å². The molecule has 1 aromatic heterocycles. The third-order valence-electron chi connectivity index (χ3n) is 6.98. The molecule has 2 fully saturated rings. The van der Waals surface area contributed by atoms with Crippen molar-refractivity contribution < 1.29 is 19.1 Å². The summed E-state index contributed by atoms with van der Waals surface area (Å²) in [7, 11) is 0. The first-order valence-corrected chi connectivity index (χ1v) is 11.6. The quantitative estimate of drug-likeness (QED) is 0.449. The van der Waals surface area contributed by atoms with Gasteiger partial charge in [0.05, 0.1) is 28.9 Å². The van der Waals surface area contributed by atoms with Crippen LogP contribution in [0.15, 0.2) is 53.3 Å². The lowest BCUT2D eigenvalue weighted by molar-refractivity contribution is -0.157. The number of aromatic amines is 1. The van der Waals surface area contributed by atoms with Crippen molar-refractivity contribution in [2.24, 2.45) is 0 Å². The Morgan fingerprint density at radius 1 is 1.06 bits per heavy atom. The second kappa shape index (κ2) is 7.58. The molecule has 2 aromatic carbocycles. The zero-order chi connectivity index (χ0) is 23.4. The zero-order valence-electron chi connectivity index (χ0n) is 18.5. The summed E-state index contributed by atoms with van der Waals surface area (Å²) in [6, 6.07) is 14.3. The minimum atomic E-state index is -1.44. The molecule has 1 aliphatic carbocycles. The number of imidazole rings is 1. The SMILES string of the molecule is O=C1CC[C@]2(C(=O)OCCCn3c(=O)[nH]c4ccccc43)N1c1ccccc1C(=O)N2C1CC1. The number of fused-ring (bicyclic) bond motifs is 4. The van der Waals surface area contributed by atoms with E-state index in [2.05, 4.69) is 4.98 Å². The normalized spacial score (nSPS) is 21.6. The molecule has 1 saturated heterocycles. The first-order valence-electron chi connectivity index (χ1n) is 11.6. The number of rotatable bonds is 6. The average molecular weight is 460 g/mol. The van der Waals surface area contributed by atoms with E-state index in [0.29, 0.717) is 24.2 Å². The predicted octanol–water partition coefficient (Wildman–Crippen LogP) is 2.40. The Kier molecular flexibility index (Phi) is 4.62. The van der Waals surface area contributed by atoms with Crippen LogP contribution in [0.25, 0.3) is 11.0 Å². The van der Waals surface area contributed by atoms with Crippen LogP contribution in [-0.2, 0) is 20.9 Å². The number of carbonyl (C=O) groups excluding carboxylic acids is 3. The second-order valence-corrected chi connectivity index (χ2v) is 9.06. The number of H-pyrrole nitrogens is 1. The number of anilines is 1. The maximum atomic E-state index is 13.6. The second-order valence-electron chi connectivity index (χ2n) is 9.06. The maximum absolute atomic E-state index is 13.6. The van der Waals surface area contributed by atoms with Gasteiger partial charge in [0.15, 0.2) is 0 Å². The summed E-state index contributed by atoms with van der Waals surface area (Å²) >= 11 is 0. The Balaban J connectivity index is 1.25. The fraction of sp³-hybridized carbons (Fsp3) is 0.360. The molecular weight excluding hydrogens is 436 g/mol. The minimum Gasteiger partial charge on any atom is -0.462 e. The molecule has 1 atom stereocenters. The highest BCUT2D eigenvalue weighted by atomic mass is 16.5. The van der Waals surface area contributed by atoms with Crippen molar-refractivity contribution in [3.8, 4) is 0 Å². The smallest absolute Gasteiger partial charge is 0.353 e.